The van der Waals surface area contributed by atoms with Crippen molar-refractivity contribution in [2.45, 2.75) is 45.7 Å². The predicted molar refractivity (Wildman–Crippen MR) is 177 cm³/mol. The second-order valence-corrected chi connectivity index (χ2v) is 12.7. The standard InChI is InChI=1S/C19H20N2O.C18H18N2O2/c1-12-8-16-18(9-13(12)2)20(3)11-15-10-14-6-4-5-7-17(14)21(15)19(16)22;1-11-7-14-16(9-17(11)21)19(2)10-13-8-12-5-3-4-6-15(12)20(13)18(14)22/h4-9,15H,10-11H2,1-3H3;3-7,9,13,21H,8,10H2,1-2H3/t15-;13-/m00/s1. The van der Waals surface area contributed by atoms with Crippen molar-refractivity contribution in [1.29, 1.82) is 0 Å². The first-order valence-electron chi connectivity index (χ1n) is 15.3. The SMILES string of the molecule is Cc1cc2c(cc1C)N(C)C[C@@H]1Cc3ccccc3N1C2=O.Cc1cc2c(cc1O)N(C)C[C@@H]1Cc3ccccc3N1C2=O. The van der Waals surface area contributed by atoms with Crippen molar-refractivity contribution >= 4 is 34.6 Å². The number of aromatic hydroxyl groups is 1. The van der Waals surface area contributed by atoms with E-state index in [0.717, 1.165) is 59.8 Å². The lowest BCUT2D eigenvalue weighted by Gasteiger charge is -2.25. The molecule has 0 radical (unpaired) electrons. The van der Waals surface area contributed by atoms with Crippen molar-refractivity contribution in [2.75, 3.05) is 46.8 Å². The van der Waals surface area contributed by atoms with Gasteiger partial charge in [0.25, 0.3) is 11.8 Å². The largest absolute Gasteiger partial charge is 0.508 e. The molecule has 44 heavy (non-hydrogen) atoms. The lowest BCUT2D eigenvalue weighted by atomic mass is 10.0. The van der Waals surface area contributed by atoms with Gasteiger partial charge in [-0.15, -0.1) is 0 Å². The maximum absolute atomic E-state index is 13.2. The molecule has 2 atom stereocenters. The Morgan fingerprint density at radius 3 is 1.55 bits per heavy atom. The quantitative estimate of drug-likeness (QED) is 0.272. The molecule has 7 nitrogen and oxygen atoms in total. The highest BCUT2D eigenvalue weighted by molar-refractivity contribution is 6.13. The molecule has 0 spiro atoms. The highest BCUT2D eigenvalue weighted by Crippen LogP contribution is 2.40. The molecule has 2 amide bonds. The van der Waals surface area contributed by atoms with Gasteiger partial charge in [-0.1, -0.05) is 36.4 Å². The average molecular weight is 587 g/mol. The third-order valence-corrected chi connectivity index (χ3v) is 9.76. The molecule has 4 aliphatic heterocycles. The molecule has 224 valence electrons. The van der Waals surface area contributed by atoms with Crippen LogP contribution in [0.1, 0.15) is 48.5 Å². The zero-order chi connectivity index (χ0) is 30.9. The van der Waals surface area contributed by atoms with E-state index in [1.165, 1.54) is 22.3 Å². The Morgan fingerprint density at radius 1 is 0.591 bits per heavy atom. The van der Waals surface area contributed by atoms with Crippen LogP contribution in [0.25, 0.3) is 0 Å². The number of phenolic OH excluding ortho intramolecular Hbond substituents is 1. The summed E-state index contributed by atoms with van der Waals surface area (Å²) in [6.45, 7) is 7.63. The Labute approximate surface area is 258 Å². The first-order chi connectivity index (χ1) is 21.1. The molecule has 8 rings (SSSR count). The van der Waals surface area contributed by atoms with Gasteiger partial charge in [0.2, 0.25) is 0 Å². The highest BCUT2D eigenvalue weighted by Gasteiger charge is 2.40. The summed E-state index contributed by atoms with van der Waals surface area (Å²) in [6.07, 6.45) is 1.82. The number of fused-ring (bicyclic) bond motifs is 8. The minimum absolute atomic E-state index is 0.0254. The smallest absolute Gasteiger partial charge is 0.260 e. The monoisotopic (exact) mass is 586 g/mol. The van der Waals surface area contributed by atoms with Crippen LogP contribution in [0.2, 0.25) is 0 Å². The van der Waals surface area contributed by atoms with Gasteiger partial charge in [0, 0.05) is 50.3 Å². The van der Waals surface area contributed by atoms with Crippen LogP contribution in [-0.2, 0) is 12.8 Å². The van der Waals surface area contributed by atoms with Crippen LogP contribution in [0.4, 0.5) is 22.7 Å². The molecule has 4 heterocycles. The Kier molecular flexibility index (Phi) is 6.65. The zero-order valence-corrected chi connectivity index (χ0v) is 26.0. The van der Waals surface area contributed by atoms with Crippen LogP contribution < -0.4 is 19.6 Å². The minimum atomic E-state index is 0.0254. The number of rotatable bonds is 0. The van der Waals surface area contributed by atoms with Crippen LogP contribution in [0.5, 0.6) is 5.75 Å². The number of likely N-dealkylation sites (N-methyl/N-ethyl adjacent to an activating group) is 2. The molecule has 7 heteroatoms. The van der Waals surface area contributed by atoms with Gasteiger partial charge < -0.3 is 24.7 Å². The summed E-state index contributed by atoms with van der Waals surface area (Å²) in [5.74, 6) is 0.399. The summed E-state index contributed by atoms with van der Waals surface area (Å²) in [4.78, 5) is 34.5. The Balaban J connectivity index is 0.000000142. The molecular formula is C37H38N4O3. The van der Waals surface area contributed by atoms with Crippen molar-refractivity contribution in [3.8, 4) is 5.75 Å². The van der Waals surface area contributed by atoms with Crippen molar-refractivity contribution in [2.24, 2.45) is 0 Å². The number of carbonyl (C=O) groups is 2. The van der Waals surface area contributed by atoms with Crippen LogP contribution in [0.15, 0.2) is 72.8 Å². The topological polar surface area (TPSA) is 67.3 Å². The zero-order valence-electron chi connectivity index (χ0n) is 26.0. The van der Waals surface area contributed by atoms with Gasteiger partial charge >= 0.3 is 0 Å². The summed E-state index contributed by atoms with van der Waals surface area (Å²) in [6, 6.07) is 24.5. The van der Waals surface area contributed by atoms with E-state index >= 15 is 0 Å². The Bertz CT molecular complexity index is 1700. The number of hydrogen-bond acceptors (Lipinski definition) is 5. The van der Waals surface area contributed by atoms with E-state index in [4.69, 9.17) is 0 Å². The summed E-state index contributed by atoms with van der Waals surface area (Å²) in [5, 5.41) is 9.98. The van der Waals surface area contributed by atoms with E-state index in [9.17, 15) is 14.7 Å². The number of carbonyl (C=O) groups excluding carboxylic acids is 2. The normalized spacial score (nSPS) is 19.6. The number of phenols is 1. The van der Waals surface area contributed by atoms with E-state index in [0.29, 0.717) is 5.56 Å². The fourth-order valence-electron chi connectivity index (χ4n) is 7.31. The van der Waals surface area contributed by atoms with Crippen LogP contribution in [-0.4, -0.2) is 56.2 Å². The van der Waals surface area contributed by atoms with Gasteiger partial charge in [-0.25, -0.2) is 0 Å². The summed E-state index contributed by atoms with van der Waals surface area (Å²) >= 11 is 0. The number of amides is 2. The molecule has 0 aromatic heterocycles. The Morgan fingerprint density at radius 2 is 1.02 bits per heavy atom. The molecule has 4 aromatic carbocycles. The highest BCUT2D eigenvalue weighted by atomic mass is 16.3. The minimum Gasteiger partial charge on any atom is -0.508 e. The van der Waals surface area contributed by atoms with E-state index in [1.807, 2.05) is 54.1 Å². The fraction of sp³-hybridized carbons (Fsp3) is 0.297. The van der Waals surface area contributed by atoms with Gasteiger partial charge in [-0.3, -0.25) is 9.59 Å². The van der Waals surface area contributed by atoms with Crippen molar-refractivity contribution in [3.63, 3.8) is 0 Å². The Hall–Kier alpha value is -4.78. The third kappa shape index (κ3) is 4.41. The molecular weight excluding hydrogens is 548 g/mol. The number of anilines is 4. The molecule has 0 unspecified atom stereocenters. The molecule has 1 N–H and O–H groups in total. The number of benzene rings is 4. The predicted octanol–water partition coefficient (Wildman–Crippen LogP) is 6.05. The average Bonchev–Trinajstić information content (AvgIpc) is 3.50. The molecule has 0 fully saturated rings. The van der Waals surface area contributed by atoms with Crippen molar-refractivity contribution in [3.05, 3.63) is 112 Å². The second-order valence-electron chi connectivity index (χ2n) is 12.7. The molecule has 0 saturated heterocycles. The number of para-hydroxylation sites is 2. The lowest BCUT2D eigenvalue weighted by Crippen LogP contribution is -2.41. The van der Waals surface area contributed by atoms with Crippen LogP contribution in [0.3, 0.4) is 0 Å². The van der Waals surface area contributed by atoms with Crippen molar-refractivity contribution < 1.29 is 14.7 Å². The summed E-state index contributed by atoms with van der Waals surface area (Å²) in [7, 11) is 4.07. The molecule has 0 aliphatic carbocycles. The van der Waals surface area contributed by atoms with Crippen LogP contribution >= 0.6 is 0 Å². The van der Waals surface area contributed by atoms with E-state index in [1.54, 1.807) is 12.1 Å². The van der Waals surface area contributed by atoms with Gasteiger partial charge in [0.05, 0.1) is 28.9 Å². The second kappa shape index (κ2) is 10.4. The maximum atomic E-state index is 13.2. The van der Waals surface area contributed by atoms with Gasteiger partial charge in [0.15, 0.2) is 0 Å². The molecule has 4 aliphatic rings. The first-order valence-corrected chi connectivity index (χ1v) is 15.3. The number of aryl methyl sites for hydroxylation is 3. The maximum Gasteiger partial charge on any atom is 0.260 e. The van der Waals surface area contributed by atoms with E-state index in [-0.39, 0.29) is 29.6 Å². The van der Waals surface area contributed by atoms with Gasteiger partial charge in [0.1, 0.15) is 5.75 Å². The van der Waals surface area contributed by atoms with Crippen molar-refractivity contribution in [1.82, 2.24) is 0 Å². The summed E-state index contributed by atoms with van der Waals surface area (Å²) < 4.78 is 0. The third-order valence-electron chi connectivity index (χ3n) is 9.76. The number of nitrogens with zero attached hydrogens (tertiary/aromatic N) is 4. The van der Waals surface area contributed by atoms with Crippen LogP contribution in [0, 0.1) is 20.8 Å². The number of hydrogen-bond donors (Lipinski definition) is 1. The van der Waals surface area contributed by atoms with E-state index < -0.39 is 0 Å². The lowest BCUT2D eigenvalue weighted by molar-refractivity contribution is 0.0975. The molecule has 0 bridgehead atoms. The fourth-order valence-corrected chi connectivity index (χ4v) is 7.31. The van der Waals surface area contributed by atoms with Gasteiger partial charge in [-0.2, -0.15) is 0 Å². The van der Waals surface area contributed by atoms with E-state index in [2.05, 4.69) is 61.0 Å². The molecule has 4 aromatic rings. The first kappa shape index (κ1) is 28.0. The van der Waals surface area contributed by atoms with Gasteiger partial charge in [-0.05, 0) is 91.8 Å². The molecule has 0 saturated carbocycles. The summed E-state index contributed by atoms with van der Waals surface area (Å²) in [5.41, 5.74) is 11.1.